The molecule has 3 aromatic rings. The van der Waals surface area contributed by atoms with Gasteiger partial charge in [-0.3, -0.25) is 4.79 Å². The summed E-state index contributed by atoms with van der Waals surface area (Å²) in [7, 11) is 0. The van der Waals surface area contributed by atoms with Gasteiger partial charge < -0.3 is 20.1 Å². The number of nitrogens with one attached hydrogen (secondary N) is 2. The quantitative estimate of drug-likeness (QED) is 0.696. The highest BCUT2D eigenvalue weighted by Crippen LogP contribution is 2.33. The number of hydrogen-bond acceptors (Lipinski definition) is 5. The van der Waals surface area contributed by atoms with Crippen molar-refractivity contribution in [2.75, 3.05) is 23.8 Å². The third kappa shape index (κ3) is 3.96. The molecule has 2 heterocycles. The Morgan fingerprint density at radius 2 is 1.81 bits per heavy atom. The van der Waals surface area contributed by atoms with Gasteiger partial charge in [0.05, 0.1) is 10.7 Å². The molecule has 7 heteroatoms. The molecule has 1 aliphatic rings. The molecular formula is C20H16ClN3O3. The lowest BCUT2D eigenvalue weighted by Crippen LogP contribution is -2.15. The predicted molar refractivity (Wildman–Crippen MR) is 104 cm³/mol. The number of anilines is 3. The van der Waals surface area contributed by atoms with Crippen LogP contribution < -0.4 is 20.1 Å². The maximum atomic E-state index is 12.5. The Hall–Kier alpha value is -3.25. The second-order valence-corrected chi connectivity index (χ2v) is 6.25. The first-order chi connectivity index (χ1) is 13.2. The van der Waals surface area contributed by atoms with E-state index in [9.17, 15) is 4.79 Å². The minimum Gasteiger partial charge on any atom is -0.486 e. The number of halogens is 1. The van der Waals surface area contributed by atoms with Gasteiger partial charge in [-0.2, -0.15) is 0 Å². The highest BCUT2D eigenvalue weighted by Gasteiger charge is 2.13. The number of fused-ring (bicyclic) bond motifs is 1. The van der Waals surface area contributed by atoms with E-state index >= 15 is 0 Å². The second-order valence-electron chi connectivity index (χ2n) is 5.85. The summed E-state index contributed by atoms with van der Waals surface area (Å²) in [5.41, 5.74) is 1.81. The average Bonchev–Trinajstić information content (AvgIpc) is 2.70. The normalized spacial score (nSPS) is 12.3. The first-order valence-electron chi connectivity index (χ1n) is 8.38. The van der Waals surface area contributed by atoms with Gasteiger partial charge >= 0.3 is 0 Å². The zero-order valence-electron chi connectivity index (χ0n) is 14.2. The van der Waals surface area contributed by atoms with Crippen LogP contribution in [0, 0.1) is 0 Å². The smallest absolute Gasteiger partial charge is 0.255 e. The Balaban J connectivity index is 1.51. The fourth-order valence-electron chi connectivity index (χ4n) is 2.67. The molecule has 2 aromatic carbocycles. The molecule has 0 unspecified atom stereocenters. The fraction of sp³-hybridized carbons (Fsp3) is 0.100. The summed E-state index contributed by atoms with van der Waals surface area (Å²) in [6.45, 7) is 1.07. The zero-order chi connectivity index (χ0) is 18.6. The largest absolute Gasteiger partial charge is 0.486 e. The molecule has 1 aromatic heterocycles. The summed E-state index contributed by atoms with van der Waals surface area (Å²) in [4.78, 5) is 16.8. The Kier molecular flexibility index (Phi) is 4.80. The number of rotatable bonds is 4. The van der Waals surface area contributed by atoms with Crippen LogP contribution in [0.4, 0.5) is 17.2 Å². The SMILES string of the molecule is O=C(Nc1ccccc1Cl)c1ccnc(Nc2ccc3c(c2)OCCO3)c1. The molecule has 0 bridgehead atoms. The van der Waals surface area contributed by atoms with E-state index in [0.717, 1.165) is 5.69 Å². The van der Waals surface area contributed by atoms with Gasteiger partial charge in [0.25, 0.3) is 5.91 Å². The van der Waals surface area contributed by atoms with Crippen molar-refractivity contribution in [2.45, 2.75) is 0 Å². The van der Waals surface area contributed by atoms with Crippen molar-refractivity contribution in [3.8, 4) is 11.5 Å². The first kappa shape index (κ1) is 17.2. The molecule has 6 nitrogen and oxygen atoms in total. The molecule has 2 N–H and O–H groups in total. The summed E-state index contributed by atoms with van der Waals surface area (Å²) in [5.74, 6) is 1.67. The Morgan fingerprint density at radius 3 is 2.67 bits per heavy atom. The van der Waals surface area contributed by atoms with Gasteiger partial charge in [0.1, 0.15) is 19.0 Å². The third-order valence-electron chi connectivity index (χ3n) is 3.96. The van der Waals surface area contributed by atoms with Crippen LogP contribution in [0.5, 0.6) is 11.5 Å². The molecule has 0 spiro atoms. The fourth-order valence-corrected chi connectivity index (χ4v) is 2.85. The summed E-state index contributed by atoms with van der Waals surface area (Å²) < 4.78 is 11.1. The topological polar surface area (TPSA) is 72.5 Å². The van der Waals surface area contributed by atoms with E-state index < -0.39 is 0 Å². The third-order valence-corrected chi connectivity index (χ3v) is 4.29. The average molecular weight is 382 g/mol. The number of nitrogens with zero attached hydrogens (tertiary/aromatic N) is 1. The van der Waals surface area contributed by atoms with E-state index in [4.69, 9.17) is 21.1 Å². The molecule has 0 atom stereocenters. The summed E-state index contributed by atoms with van der Waals surface area (Å²) in [6.07, 6.45) is 1.57. The number of para-hydroxylation sites is 1. The lowest BCUT2D eigenvalue weighted by atomic mass is 10.2. The monoisotopic (exact) mass is 381 g/mol. The minimum atomic E-state index is -0.268. The molecule has 0 saturated carbocycles. The molecule has 1 amide bonds. The number of aromatic nitrogens is 1. The lowest BCUT2D eigenvalue weighted by Gasteiger charge is -2.19. The molecule has 0 radical (unpaired) electrons. The van der Waals surface area contributed by atoms with Gasteiger partial charge in [0.15, 0.2) is 11.5 Å². The van der Waals surface area contributed by atoms with Crippen molar-refractivity contribution in [3.05, 3.63) is 71.4 Å². The van der Waals surface area contributed by atoms with Crippen molar-refractivity contribution >= 4 is 34.7 Å². The van der Waals surface area contributed by atoms with Crippen molar-refractivity contribution < 1.29 is 14.3 Å². The minimum absolute atomic E-state index is 0.268. The van der Waals surface area contributed by atoms with Gasteiger partial charge in [-0.15, -0.1) is 0 Å². The maximum Gasteiger partial charge on any atom is 0.255 e. The summed E-state index contributed by atoms with van der Waals surface area (Å²) >= 11 is 6.09. The highest BCUT2D eigenvalue weighted by atomic mass is 35.5. The Labute approximate surface area is 161 Å². The molecule has 1 aliphatic heterocycles. The molecule has 0 aliphatic carbocycles. The zero-order valence-corrected chi connectivity index (χ0v) is 15.0. The summed E-state index contributed by atoms with van der Waals surface area (Å²) in [6, 6.07) is 15.9. The van der Waals surface area contributed by atoms with E-state index in [-0.39, 0.29) is 5.91 Å². The molecule has 0 fully saturated rings. The predicted octanol–water partition coefficient (Wildman–Crippen LogP) is 4.50. The van der Waals surface area contributed by atoms with E-state index in [2.05, 4.69) is 15.6 Å². The van der Waals surface area contributed by atoms with Gasteiger partial charge in [-0.1, -0.05) is 23.7 Å². The summed E-state index contributed by atoms with van der Waals surface area (Å²) in [5, 5.41) is 6.45. The van der Waals surface area contributed by atoms with Crippen LogP contribution in [-0.4, -0.2) is 24.1 Å². The van der Waals surface area contributed by atoms with E-state index in [0.29, 0.717) is 46.8 Å². The molecule has 0 saturated heterocycles. The number of carbonyl (C=O) groups is 1. The molecule has 136 valence electrons. The van der Waals surface area contributed by atoms with E-state index in [1.54, 1.807) is 36.5 Å². The Morgan fingerprint density at radius 1 is 1.00 bits per heavy atom. The van der Waals surface area contributed by atoms with Crippen LogP contribution >= 0.6 is 11.6 Å². The maximum absolute atomic E-state index is 12.5. The number of benzene rings is 2. The van der Waals surface area contributed by atoms with Gasteiger partial charge in [0.2, 0.25) is 0 Å². The van der Waals surface area contributed by atoms with Crippen LogP contribution in [0.3, 0.4) is 0 Å². The number of amides is 1. The van der Waals surface area contributed by atoms with Gasteiger partial charge in [-0.05, 0) is 36.4 Å². The van der Waals surface area contributed by atoms with E-state index in [1.807, 2.05) is 24.3 Å². The Bertz CT molecular complexity index is 994. The second kappa shape index (κ2) is 7.55. The number of pyridine rings is 1. The van der Waals surface area contributed by atoms with E-state index in [1.165, 1.54) is 0 Å². The number of carbonyl (C=O) groups excluding carboxylic acids is 1. The van der Waals surface area contributed by atoms with Crippen LogP contribution in [0.1, 0.15) is 10.4 Å². The van der Waals surface area contributed by atoms with Crippen LogP contribution in [0.15, 0.2) is 60.8 Å². The van der Waals surface area contributed by atoms with Crippen molar-refractivity contribution in [3.63, 3.8) is 0 Å². The molecule has 4 rings (SSSR count). The molecule has 27 heavy (non-hydrogen) atoms. The van der Waals surface area contributed by atoms with Crippen molar-refractivity contribution in [1.29, 1.82) is 0 Å². The lowest BCUT2D eigenvalue weighted by molar-refractivity contribution is 0.102. The van der Waals surface area contributed by atoms with Crippen LogP contribution in [-0.2, 0) is 0 Å². The van der Waals surface area contributed by atoms with Gasteiger partial charge in [-0.25, -0.2) is 4.98 Å². The first-order valence-corrected chi connectivity index (χ1v) is 8.75. The van der Waals surface area contributed by atoms with Gasteiger partial charge in [0, 0.05) is 23.5 Å². The van der Waals surface area contributed by atoms with Crippen LogP contribution in [0.25, 0.3) is 0 Å². The van der Waals surface area contributed by atoms with Crippen molar-refractivity contribution in [2.24, 2.45) is 0 Å². The number of ether oxygens (including phenoxy) is 2. The standard InChI is InChI=1S/C20H16ClN3O3/c21-15-3-1-2-4-16(15)24-20(25)13-7-8-22-19(11-13)23-14-5-6-17-18(12-14)27-10-9-26-17/h1-8,11-12H,9-10H2,(H,22,23)(H,24,25). The highest BCUT2D eigenvalue weighted by molar-refractivity contribution is 6.33. The van der Waals surface area contributed by atoms with Crippen LogP contribution in [0.2, 0.25) is 5.02 Å². The van der Waals surface area contributed by atoms with Crippen molar-refractivity contribution in [1.82, 2.24) is 4.98 Å². The number of hydrogen-bond donors (Lipinski definition) is 2. The molecular weight excluding hydrogens is 366 g/mol.